The Labute approximate surface area is 73.7 Å². The summed E-state index contributed by atoms with van der Waals surface area (Å²) in [5, 5.41) is 0. The summed E-state index contributed by atoms with van der Waals surface area (Å²) in [6.45, 7) is 4.92. The van der Waals surface area contributed by atoms with Crippen LogP contribution >= 0.6 is 0 Å². The van der Waals surface area contributed by atoms with Crippen molar-refractivity contribution in [1.82, 2.24) is 4.90 Å². The van der Waals surface area contributed by atoms with Crippen molar-refractivity contribution >= 4 is 0 Å². The molecule has 72 valence electrons. The Morgan fingerprint density at radius 2 is 2.42 bits per heavy atom. The lowest BCUT2D eigenvalue weighted by Gasteiger charge is -2.22. The molecule has 0 N–H and O–H groups in total. The number of hydrogen-bond donors (Lipinski definition) is 0. The zero-order valence-electron chi connectivity index (χ0n) is 7.76. The molecule has 0 amide bonds. The van der Waals surface area contributed by atoms with Crippen LogP contribution in [0.5, 0.6) is 0 Å². The van der Waals surface area contributed by atoms with Crippen LogP contribution in [-0.4, -0.2) is 43.9 Å². The van der Waals surface area contributed by atoms with E-state index in [0.717, 1.165) is 19.8 Å². The second kappa shape index (κ2) is 5.49. The predicted octanol–water partition coefficient (Wildman–Crippen LogP) is 1.46. The number of rotatable bonds is 5. The van der Waals surface area contributed by atoms with E-state index < -0.39 is 0 Å². The normalized spacial score (nSPS) is 25.0. The third kappa shape index (κ3) is 2.72. The van der Waals surface area contributed by atoms with Gasteiger partial charge >= 0.3 is 0 Å². The van der Waals surface area contributed by atoms with Crippen molar-refractivity contribution in [3.8, 4) is 0 Å². The van der Waals surface area contributed by atoms with Crippen LogP contribution in [-0.2, 0) is 4.74 Å². The van der Waals surface area contributed by atoms with Crippen molar-refractivity contribution in [2.45, 2.75) is 25.8 Å². The molecule has 2 nitrogen and oxygen atoms in total. The molecule has 1 saturated heterocycles. The molecule has 0 aliphatic carbocycles. The minimum Gasteiger partial charge on any atom is -0.380 e. The zero-order valence-corrected chi connectivity index (χ0v) is 7.76. The third-order valence-electron chi connectivity index (χ3n) is 2.39. The largest absolute Gasteiger partial charge is 0.380 e. The van der Waals surface area contributed by atoms with Crippen LogP contribution in [0.1, 0.15) is 19.8 Å². The molecule has 3 heteroatoms. The number of halogens is 1. The van der Waals surface area contributed by atoms with E-state index >= 15 is 0 Å². The maximum Gasteiger partial charge on any atom is 0.102 e. The van der Waals surface area contributed by atoms with Crippen LogP contribution in [0.2, 0.25) is 0 Å². The standard InChI is InChI=1S/C9H18FNO/c1-2-12-8-9-4-3-6-11(9)7-5-10/h9H,2-8H2,1H3. The number of ether oxygens (including phenoxy) is 1. The summed E-state index contributed by atoms with van der Waals surface area (Å²) in [6.07, 6.45) is 2.36. The van der Waals surface area contributed by atoms with Gasteiger partial charge in [0.2, 0.25) is 0 Å². The number of likely N-dealkylation sites (tertiary alicyclic amines) is 1. The SMILES string of the molecule is CCOCC1CCCN1CCF. The van der Waals surface area contributed by atoms with E-state index in [0.29, 0.717) is 12.6 Å². The van der Waals surface area contributed by atoms with Gasteiger partial charge in [0.25, 0.3) is 0 Å². The van der Waals surface area contributed by atoms with Gasteiger partial charge in [0.15, 0.2) is 0 Å². The van der Waals surface area contributed by atoms with Crippen molar-refractivity contribution in [3.05, 3.63) is 0 Å². The second-order valence-corrected chi connectivity index (χ2v) is 3.18. The van der Waals surface area contributed by atoms with Crippen LogP contribution in [0.3, 0.4) is 0 Å². The van der Waals surface area contributed by atoms with E-state index in [1.165, 1.54) is 12.8 Å². The van der Waals surface area contributed by atoms with Gasteiger partial charge in [-0.1, -0.05) is 0 Å². The van der Waals surface area contributed by atoms with E-state index in [1.807, 2.05) is 6.92 Å². The quantitative estimate of drug-likeness (QED) is 0.627. The lowest BCUT2D eigenvalue weighted by molar-refractivity contribution is 0.0827. The van der Waals surface area contributed by atoms with Crippen LogP contribution in [0, 0.1) is 0 Å². The first-order valence-corrected chi connectivity index (χ1v) is 4.76. The van der Waals surface area contributed by atoms with E-state index in [9.17, 15) is 4.39 Å². The Bertz CT molecular complexity index is 121. The fourth-order valence-electron chi connectivity index (χ4n) is 1.74. The Hall–Kier alpha value is -0.150. The lowest BCUT2D eigenvalue weighted by Crippen LogP contribution is -2.34. The summed E-state index contributed by atoms with van der Waals surface area (Å²) in [7, 11) is 0. The molecule has 1 unspecified atom stereocenters. The second-order valence-electron chi connectivity index (χ2n) is 3.18. The molecular weight excluding hydrogens is 157 g/mol. The molecule has 0 aromatic carbocycles. The average Bonchev–Trinajstić information content (AvgIpc) is 2.50. The minimum atomic E-state index is -0.234. The van der Waals surface area contributed by atoms with Gasteiger partial charge in [-0.05, 0) is 26.3 Å². The van der Waals surface area contributed by atoms with Crippen LogP contribution in [0.15, 0.2) is 0 Å². The first-order valence-electron chi connectivity index (χ1n) is 4.76. The molecule has 1 atom stereocenters. The topological polar surface area (TPSA) is 12.5 Å². The fraction of sp³-hybridized carbons (Fsp3) is 1.00. The minimum absolute atomic E-state index is 0.234. The molecular formula is C9H18FNO. The van der Waals surface area contributed by atoms with Crippen molar-refractivity contribution in [1.29, 1.82) is 0 Å². The third-order valence-corrected chi connectivity index (χ3v) is 2.39. The maximum absolute atomic E-state index is 12.1. The molecule has 0 aromatic heterocycles. The maximum atomic E-state index is 12.1. The van der Waals surface area contributed by atoms with Crippen LogP contribution in [0.4, 0.5) is 4.39 Å². The first-order chi connectivity index (χ1) is 5.88. The average molecular weight is 175 g/mol. The molecule has 0 saturated carbocycles. The van der Waals surface area contributed by atoms with Gasteiger partial charge in [0, 0.05) is 19.2 Å². The van der Waals surface area contributed by atoms with Gasteiger partial charge in [-0.15, -0.1) is 0 Å². The van der Waals surface area contributed by atoms with Crippen LogP contribution in [0.25, 0.3) is 0 Å². The lowest BCUT2D eigenvalue weighted by atomic mass is 10.2. The molecule has 0 aromatic rings. The molecule has 0 bridgehead atoms. The molecule has 1 fully saturated rings. The van der Waals surface area contributed by atoms with Crippen molar-refractivity contribution < 1.29 is 9.13 Å². The summed E-state index contributed by atoms with van der Waals surface area (Å²) in [4.78, 5) is 2.19. The number of hydrogen-bond acceptors (Lipinski definition) is 2. The summed E-state index contributed by atoms with van der Waals surface area (Å²) < 4.78 is 17.4. The summed E-state index contributed by atoms with van der Waals surface area (Å²) in [6, 6.07) is 0.473. The Balaban J connectivity index is 2.20. The highest BCUT2D eigenvalue weighted by Gasteiger charge is 2.23. The molecule has 1 heterocycles. The van der Waals surface area contributed by atoms with Gasteiger partial charge in [-0.2, -0.15) is 0 Å². The summed E-state index contributed by atoms with van der Waals surface area (Å²) in [5.41, 5.74) is 0. The first kappa shape index (κ1) is 9.93. The van der Waals surface area contributed by atoms with Crippen LogP contribution < -0.4 is 0 Å². The number of alkyl halides is 1. The highest BCUT2D eigenvalue weighted by Crippen LogP contribution is 2.16. The van der Waals surface area contributed by atoms with Crippen molar-refractivity contribution in [3.63, 3.8) is 0 Å². The highest BCUT2D eigenvalue weighted by atomic mass is 19.1. The van der Waals surface area contributed by atoms with Crippen molar-refractivity contribution in [2.75, 3.05) is 33.0 Å². The van der Waals surface area contributed by atoms with Gasteiger partial charge in [-0.25, -0.2) is 4.39 Å². The molecule has 12 heavy (non-hydrogen) atoms. The summed E-state index contributed by atoms with van der Waals surface area (Å²) >= 11 is 0. The van der Waals surface area contributed by atoms with Gasteiger partial charge in [-0.3, -0.25) is 4.90 Å². The Morgan fingerprint density at radius 1 is 1.58 bits per heavy atom. The van der Waals surface area contributed by atoms with E-state index in [2.05, 4.69) is 4.90 Å². The number of nitrogens with zero attached hydrogens (tertiary/aromatic N) is 1. The van der Waals surface area contributed by atoms with Gasteiger partial charge in [0.1, 0.15) is 6.67 Å². The molecule has 1 aliphatic heterocycles. The fourth-order valence-corrected chi connectivity index (χ4v) is 1.74. The molecule has 0 radical (unpaired) electrons. The van der Waals surface area contributed by atoms with Gasteiger partial charge in [0.05, 0.1) is 6.61 Å². The Kier molecular flexibility index (Phi) is 4.54. The summed E-state index contributed by atoms with van der Waals surface area (Å²) in [5.74, 6) is 0. The highest BCUT2D eigenvalue weighted by molar-refractivity contribution is 4.78. The van der Waals surface area contributed by atoms with E-state index in [4.69, 9.17) is 4.74 Å². The Morgan fingerprint density at radius 3 is 3.08 bits per heavy atom. The molecule has 0 spiro atoms. The monoisotopic (exact) mass is 175 g/mol. The van der Waals surface area contributed by atoms with E-state index in [1.54, 1.807) is 0 Å². The van der Waals surface area contributed by atoms with E-state index in [-0.39, 0.29) is 6.67 Å². The molecule has 1 aliphatic rings. The predicted molar refractivity (Wildman–Crippen MR) is 47.1 cm³/mol. The molecule has 1 rings (SSSR count). The smallest absolute Gasteiger partial charge is 0.102 e. The zero-order chi connectivity index (χ0) is 8.81. The van der Waals surface area contributed by atoms with Gasteiger partial charge < -0.3 is 4.74 Å². The van der Waals surface area contributed by atoms with Crippen molar-refractivity contribution in [2.24, 2.45) is 0 Å².